The van der Waals surface area contributed by atoms with Gasteiger partial charge in [-0.2, -0.15) is 10.5 Å². The van der Waals surface area contributed by atoms with Crippen LogP contribution in [0.4, 0.5) is 5.69 Å². The molecule has 1 aromatic carbocycles. The van der Waals surface area contributed by atoms with Crippen molar-refractivity contribution in [1.82, 2.24) is 20.6 Å². The molecule has 1 aromatic heterocycles. The number of benzene rings is 1. The lowest BCUT2D eigenvalue weighted by atomic mass is 10.0. The van der Waals surface area contributed by atoms with E-state index in [9.17, 15) is 0 Å². The van der Waals surface area contributed by atoms with Crippen LogP contribution in [0.25, 0.3) is 5.57 Å². The molecule has 1 heterocycles. The van der Waals surface area contributed by atoms with Crippen LogP contribution in [0.1, 0.15) is 31.2 Å². The van der Waals surface area contributed by atoms with Crippen LogP contribution in [-0.2, 0) is 0 Å². The molecule has 2 N–H and O–H groups in total. The van der Waals surface area contributed by atoms with Gasteiger partial charge >= 0.3 is 0 Å². The lowest BCUT2D eigenvalue weighted by Crippen LogP contribution is -1.94. The van der Waals surface area contributed by atoms with Crippen LogP contribution in [0, 0.1) is 11.3 Å². The first-order valence-corrected chi connectivity index (χ1v) is 5.91. The molecule has 96 valence electrons. The third kappa shape index (κ3) is 3.16. The average Bonchev–Trinajstić information content (AvgIpc) is 2.94. The summed E-state index contributed by atoms with van der Waals surface area (Å²) >= 11 is 0. The minimum atomic E-state index is 0.272. The summed E-state index contributed by atoms with van der Waals surface area (Å²) in [5.41, 5.74) is 2.50. The van der Waals surface area contributed by atoms with Crippen LogP contribution in [-0.4, -0.2) is 20.6 Å². The number of aromatic nitrogens is 4. The van der Waals surface area contributed by atoms with Gasteiger partial charge in [0.1, 0.15) is 11.6 Å². The Balaban J connectivity index is 2.11. The van der Waals surface area contributed by atoms with Crippen molar-refractivity contribution >= 4 is 11.3 Å². The molecule has 6 heteroatoms. The van der Waals surface area contributed by atoms with Gasteiger partial charge in [0.05, 0.1) is 0 Å². The van der Waals surface area contributed by atoms with Crippen molar-refractivity contribution in [3.8, 4) is 6.07 Å². The number of nitriles is 1. The molecule has 2 rings (SSSR count). The van der Waals surface area contributed by atoms with E-state index in [-0.39, 0.29) is 5.82 Å². The second-order valence-electron chi connectivity index (χ2n) is 4.33. The van der Waals surface area contributed by atoms with Crippen molar-refractivity contribution in [1.29, 1.82) is 5.26 Å². The van der Waals surface area contributed by atoms with Crippen LogP contribution in [0.15, 0.2) is 30.5 Å². The zero-order valence-electron chi connectivity index (χ0n) is 10.8. The van der Waals surface area contributed by atoms with E-state index in [1.807, 2.05) is 18.2 Å². The topological polar surface area (TPSA) is 90.3 Å². The molecule has 0 unspecified atom stereocenters. The highest BCUT2D eigenvalue weighted by atomic mass is 15.5. The number of hydrogen-bond donors (Lipinski definition) is 2. The molecule has 0 radical (unpaired) electrons. The number of aromatic amines is 1. The number of nitrogens with one attached hydrogen (secondary N) is 2. The van der Waals surface area contributed by atoms with E-state index < -0.39 is 0 Å². The van der Waals surface area contributed by atoms with Crippen LogP contribution >= 0.6 is 0 Å². The lowest BCUT2D eigenvalue weighted by molar-refractivity contribution is 0.867. The van der Waals surface area contributed by atoms with Gasteiger partial charge in [-0.15, -0.1) is 10.2 Å². The number of hydrogen-bond acceptors (Lipinski definition) is 5. The van der Waals surface area contributed by atoms with E-state index >= 15 is 0 Å². The summed E-state index contributed by atoms with van der Waals surface area (Å²) in [5, 5.41) is 25.3. The molecule has 0 spiro atoms. The Kier molecular flexibility index (Phi) is 3.88. The second-order valence-corrected chi connectivity index (χ2v) is 4.33. The van der Waals surface area contributed by atoms with Gasteiger partial charge in [-0.1, -0.05) is 26.0 Å². The minimum Gasteiger partial charge on any atom is -0.360 e. The van der Waals surface area contributed by atoms with Crippen molar-refractivity contribution in [2.75, 3.05) is 5.32 Å². The first kappa shape index (κ1) is 12.8. The zero-order valence-corrected chi connectivity index (χ0v) is 10.8. The summed E-state index contributed by atoms with van der Waals surface area (Å²) in [6.07, 6.45) is 1.56. The number of tetrazole rings is 1. The molecular weight excluding hydrogens is 240 g/mol. The molecule has 0 aliphatic heterocycles. The monoisotopic (exact) mass is 254 g/mol. The Labute approximate surface area is 111 Å². The minimum absolute atomic E-state index is 0.272. The van der Waals surface area contributed by atoms with Gasteiger partial charge in [0.2, 0.25) is 5.82 Å². The van der Waals surface area contributed by atoms with Gasteiger partial charge in [-0.3, -0.25) is 0 Å². The maximum atomic E-state index is 9.01. The molecule has 0 aliphatic rings. The van der Waals surface area contributed by atoms with Gasteiger partial charge in [-0.05, 0) is 28.8 Å². The highest BCUT2D eigenvalue weighted by Gasteiger charge is 2.05. The van der Waals surface area contributed by atoms with Crippen molar-refractivity contribution in [2.45, 2.75) is 19.8 Å². The maximum absolute atomic E-state index is 9.01. The molecule has 0 bridgehead atoms. The van der Waals surface area contributed by atoms with Crippen LogP contribution < -0.4 is 5.32 Å². The summed E-state index contributed by atoms with van der Waals surface area (Å²) in [6, 6.07) is 10.1. The number of nitrogens with zero attached hydrogens (tertiary/aromatic N) is 4. The van der Waals surface area contributed by atoms with Crippen molar-refractivity contribution < 1.29 is 0 Å². The Bertz CT molecular complexity index is 589. The normalized spacial score (nSPS) is 11.4. The largest absolute Gasteiger partial charge is 0.360 e. The van der Waals surface area contributed by atoms with E-state index in [2.05, 4.69) is 51.9 Å². The van der Waals surface area contributed by atoms with Gasteiger partial charge in [-0.25, -0.2) is 0 Å². The number of anilines is 1. The summed E-state index contributed by atoms with van der Waals surface area (Å²) in [6.45, 7) is 4.29. The molecule has 19 heavy (non-hydrogen) atoms. The van der Waals surface area contributed by atoms with Crippen molar-refractivity contribution in [3.63, 3.8) is 0 Å². The fraction of sp³-hybridized carbons (Fsp3) is 0.231. The van der Waals surface area contributed by atoms with Crippen LogP contribution in [0.2, 0.25) is 0 Å². The first-order valence-electron chi connectivity index (χ1n) is 5.91. The molecule has 0 fully saturated rings. The summed E-state index contributed by atoms with van der Waals surface area (Å²) in [5.74, 6) is 0.771. The van der Waals surface area contributed by atoms with Crippen molar-refractivity contribution in [2.24, 2.45) is 0 Å². The standard InChI is InChI=1S/C13H14N6/c1-9(2)10-3-5-12(6-4-10)15-8-11(7-14)13-16-18-19-17-13/h3-6,8-9,15H,1-2H3,(H,16,17,18,19). The third-order valence-corrected chi connectivity index (χ3v) is 2.67. The van der Waals surface area contributed by atoms with Crippen LogP contribution in [0.3, 0.4) is 0 Å². The van der Waals surface area contributed by atoms with E-state index in [1.54, 1.807) is 6.20 Å². The van der Waals surface area contributed by atoms with Gasteiger partial charge < -0.3 is 5.32 Å². The highest BCUT2D eigenvalue weighted by Crippen LogP contribution is 2.17. The van der Waals surface area contributed by atoms with Crippen molar-refractivity contribution in [3.05, 3.63) is 41.9 Å². The Hall–Kier alpha value is -2.68. The predicted molar refractivity (Wildman–Crippen MR) is 71.9 cm³/mol. The van der Waals surface area contributed by atoms with Gasteiger partial charge in [0.25, 0.3) is 0 Å². The Morgan fingerprint density at radius 1 is 1.37 bits per heavy atom. The molecule has 0 aliphatic carbocycles. The molecular formula is C13H14N6. The fourth-order valence-corrected chi connectivity index (χ4v) is 1.54. The number of H-pyrrole nitrogens is 1. The summed E-state index contributed by atoms with van der Waals surface area (Å²) < 4.78 is 0. The first-order chi connectivity index (χ1) is 9.20. The van der Waals surface area contributed by atoms with E-state index in [1.165, 1.54) is 5.56 Å². The Morgan fingerprint density at radius 3 is 2.63 bits per heavy atom. The van der Waals surface area contributed by atoms with E-state index in [4.69, 9.17) is 5.26 Å². The molecule has 0 atom stereocenters. The molecule has 0 saturated carbocycles. The predicted octanol–water partition coefficient (Wildman–Crippen LogP) is 2.30. The number of rotatable bonds is 4. The van der Waals surface area contributed by atoms with Crippen LogP contribution in [0.5, 0.6) is 0 Å². The van der Waals surface area contributed by atoms with E-state index in [0.29, 0.717) is 11.5 Å². The quantitative estimate of drug-likeness (QED) is 0.817. The second kappa shape index (κ2) is 5.78. The van der Waals surface area contributed by atoms with E-state index in [0.717, 1.165) is 5.69 Å². The third-order valence-electron chi connectivity index (χ3n) is 2.67. The van der Waals surface area contributed by atoms with Gasteiger partial charge in [0.15, 0.2) is 0 Å². The number of allylic oxidation sites excluding steroid dienone is 1. The average molecular weight is 254 g/mol. The smallest absolute Gasteiger partial charge is 0.216 e. The molecule has 0 saturated heterocycles. The molecule has 6 nitrogen and oxygen atoms in total. The van der Waals surface area contributed by atoms with Gasteiger partial charge in [0, 0.05) is 11.9 Å². The SMILES string of the molecule is CC(C)c1ccc(NC=C(C#N)c2nn[nH]n2)cc1. The zero-order chi connectivity index (χ0) is 13.7. The summed E-state index contributed by atoms with van der Waals surface area (Å²) in [7, 11) is 0. The summed E-state index contributed by atoms with van der Waals surface area (Å²) in [4.78, 5) is 0. The highest BCUT2D eigenvalue weighted by molar-refractivity contribution is 5.73. The lowest BCUT2D eigenvalue weighted by Gasteiger charge is -2.06. The molecule has 0 amide bonds. The fourth-order valence-electron chi connectivity index (χ4n) is 1.54. The molecule has 2 aromatic rings. The Morgan fingerprint density at radius 2 is 2.11 bits per heavy atom. The maximum Gasteiger partial charge on any atom is 0.216 e.